The third-order valence-corrected chi connectivity index (χ3v) is 2.56. The van der Waals surface area contributed by atoms with Crippen molar-refractivity contribution in [3.05, 3.63) is 23.8 Å². The first-order valence-corrected chi connectivity index (χ1v) is 5.51. The lowest BCUT2D eigenvalue weighted by molar-refractivity contribution is -0.274. The smallest absolute Gasteiger partial charge is 0.406 e. The number of alkyl halides is 3. The first-order valence-electron chi connectivity index (χ1n) is 3.96. The molecule has 0 radical (unpaired) electrons. The molecule has 0 aromatic heterocycles. The molecule has 2 N–H and O–H groups in total. The third kappa shape index (κ3) is 3.61. The lowest BCUT2D eigenvalue weighted by Crippen LogP contribution is -2.18. The van der Waals surface area contributed by atoms with Gasteiger partial charge in [0.2, 0.25) is 10.0 Å². The second-order valence-corrected chi connectivity index (χ2v) is 4.39. The Morgan fingerprint density at radius 1 is 1.35 bits per heavy atom. The van der Waals surface area contributed by atoms with Crippen LogP contribution >= 0.6 is 0 Å². The van der Waals surface area contributed by atoms with Gasteiger partial charge in [-0.3, -0.25) is 0 Å². The summed E-state index contributed by atoms with van der Waals surface area (Å²) < 4.78 is 61.2. The molecule has 0 saturated heterocycles. The standard InChI is InChI=1S/C8H5F3N2O3S/c9-8(10,11)16-6-2-1-5(4-12)7(3-6)17(13,14)15/h1-3H,(H2,13,14,15). The van der Waals surface area contributed by atoms with Crippen molar-refractivity contribution in [3.8, 4) is 11.8 Å². The van der Waals surface area contributed by atoms with Crippen LogP contribution in [-0.4, -0.2) is 14.8 Å². The van der Waals surface area contributed by atoms with Crippen LogP contribution < -0.4 is 9.88 Å². The van der Waals surface area contributed by atoms with E-state index in [0.29, 0.717) is 6.07 Å². The zero-order chi connectivity index (χ0) is 13.3. The fourth-order valence-electron chi connectivity index (χ4n) is 1.03. The van der Waals surface area contributed by atoms with Crippen LogP contribution in [0.3, 0.4) is 0 Å². The zero-order valence-electron chi connectivity index (χ0n) is 8.02. The van der Waals surface area contributed by atoms with Crippen molar-refractivity contribution in [2.24, 2.45) is 5.14 Å². The number of rotatable bonds is 2. The van der Waals surface area contributed by atoms with Crippen molar-refractivity contribution in [1.82, 2.24) is 0 Å². The lowest BCUT2D eigenvalue weighted by Gasteiger charge is -2.10. The van der Waals surface area contributed by atoms with Crippen molar-refractivity contribution in [2.45, 2.75) is 11.3 Å². The molecule has 0 bridgehead atoms. The van der Waals surface area contributed by atoms with Gasteiger partial charge in [-0.25, -0.2) is 13.6 Å². The van der Waals surface area contributed by atoms with E-state index in [2.05, 4.69) is 4.74 Å². The molecule has 0 amide bonds. The van der Waals surface area contributed by atoms with Crippen LogP contribution in [0.2, 0.25) is 0 Å². The van der Waals surface area contributed by atoms with Gasteiger partial charge in [-0.15, -0.1) is 13.2 Å². The number of sulfonamides is 1. The van der Waals surface area contributed by atoms with Crippen LogP contribution in [0.1, 0.15) is 5.56 Å². The van der Waals surface area contributed by atoms with Gasteiger partial charge >= 0.3 is 6.36 Å². The van der Waals surface area contributed by atoms with Crippen molar-refractivity contribution in [2.75, 3.05) is 0 Å². The van der Waals surface area contributed by atoms with E-state index in [1.165, 1.54) is 6.07 Å². The highest BCUT2D eigenvalue weighted by molar-refractivity contribution is 7.89. The molecule has 0 heterocycles. The highest BCUT2D eigenvalue weighted by Crippen LogP contribution is 2.26. The maximum atomic E-state index is 11.9. The second kappa shape index (κ2) is 4.23. The van der Waals surface area contributed by atoms with Crippen LogP contribution in [0.4, 0.5) is 13.2 Å². The van der Waals surface area contributed by atoms with Gasteiger partial charge < -0.3 is 4.74 Å². The molecule has 0 fully saturated rings. The van der Waals surface area contributed by atoms with Crippen molar-refractivity contribution in [3.63, 3.8) is 0 Å². The SMILES string of the molecule is N#Cc1ccc(OC(F)(F)F)cc1S(N)(=O)=O. The summed E-state index contributed by atoms with van der Waals surface area (Å²) in [4.78, 5) is -0.721. The number of benzene rings is 1. The maximum Gasteiger partial charge on any atom is 0.573 e. The fourth-order valence-corrected chi connectivity index (χ4v) is 1.73. The lowest BCUT2D eigenvalue weighted by atomic mass is 10.2. The molecule has 0 atom stereocenters. The minimum Gasteiger partial charge on any atom is -0.406 e. The van der Waals surface area contributed by atoms with Crippen LogP contribution in [0.25, 0.3) is 0 Å². The van der Waals surface area contributed by atoms with Gasteiger partial charge in [0, 0.05) is 6.07 Å². The topological polar surface area (TPSA) is 93.2 Å². The molecular formula is C8H5F3N2O3S. The molecule has 0 aliphatic heterocycles. The van der Waals surface area contributed by atoms with Gasteiger partial charge in [0.15, 0.2) is 0 Å². The Labute approximate surface area is 94.3 Å². The Balaban J connectivity index is 3.30. The van der Waals surface area contributed by atoms with Gasteiger partial charge in [-0.05, 0) is 12.1 Å². The van der Waals surface area contributed by atoms with Gasteiger partial charge in [-0.1, -0.05) is 0 Å². The van der Waals surface area contributed by atoms with Gasteiger partial charge in [0.05, 0.1) is 5.56 Å². The van der Waals surface area contributed by atoms with E-state index >= 15 is 0 Å². The first kappa shape index (κ1) is 13.3. The molecule has 0 aliphatic rings. The fraction of sp³-hybridized carbons (Fsp3) is 0.125. The largest absolute Gasteiger partial charge is 0.573 e. The van der Waals surface area contributed by atoms with E-state index in [0.717, 1.165) is 12.1 Å². The Morgan fingerprint density at radius 3 is 2.35 bits per heavy atom. The van der Waals surface area contributed by atoms with Crippen molar-refractivity contribution < 1.29 is 26.3 Å². The number of halogens is 3. The summed E-state index contributed by atoms with van der Waals surface area (Å²) in [6.45, 7) is 0. The summed E-state index contributed by atoms with van der Waals surface area (Å²) in [7, 11) is -4.29. The summed E-state index contributed by atoms with van der Waals surface area (Å²) in [5.74, 6) is -0.763. The Morgan fingerprint density at radius 2 is 1.94 bits per heavy atom. The summed E-state index contributed by atoms with van der Waals surface area (Å²) in [5, 5.41) is 13.3. The predicted molar refractivity (Wildman–Crippen MR) is 49.2 cm³/mol. The molecular weight excluding hydrogens is 261 g/mol. The summed E-state index contributed by atoms with van der Waals surface area (Å²) in [6, 6.07) is 3.74. The van der Waals surface area contributed by atoms with E-state index in [4.69, 9.17) is 10.4 Å². The third-order valence-electron chi connectivity index (χ3n) is 1.61. The molecule has 17 heavy (non-hydrogen) atoms. The van der Waals surface area contributed by atoms with Crippen LogP contribution in [0, 0.1) is 11.3 Å². The van der Waals surface area contributed by atoms with Crippen molar-refractivity contribution in [1.29, 1.82) is 5.26 Å². The first-order chi connectivity index (χ1) is 7.63. The van der Waals surface area contributed by atoms with Gasteiger partial charge in [-0.2, -0.15) is 5.26 Å². The number of nitrogens with two attached hydrogens (primary N) is 1. The zero-order valence-corrected chi connectivity index (χ0v) is 8.84. The summed E-state index contributed by atoms with van der Waals surface area (Å²) in [5.41, 5.74) is -0.359. The Hall–Kier alpha value is -1.79. The van der Waals surface area contributed by atoms with Gasteiger partial charge in [0.1, 0.15) is 16.7 Å². The number of ether oxygens (including phenoxy) is 1. The average Bonchev–Trinajstić information content (AvgIpc) is 2.13. The normalized spacial score (nSPS) is 11.9. The number of primary sulfonamides is 1. The van der Waals surface area contributed by atoms with Crippen LogP contribution in [-0.2, 0) is 10.0 Å². The van der Waals surface area contributed by atoms with E-state index < -0.39 is 27.0 Å². The second-order valence-electron chi connectivity index (χ2n) is 2.86. The predicted octanol–water partition coefficient (Wildman–Crippen LogP) is 1.10. The van der Waals surface area contributed by atoms with Gasteiger partial charge in [0.25, 0.3) is 0 Å². The number of nitrogens with zero attached hydrogens (tertiary/aromatic N) is 1. The molecule has 1 rings (SSSR count). The minimum atomic E-state index is -4.95. The van der Waals surface area contributed by atoms with Crippen LogP contribution in [0.15, 0.2) is 23.1 Å². The van der Waals surface area contributed by atoms with E-state index in [9.17, 15) is 21.6 Å². The number of hydrogen-bond donors (Lipinski definition) is 1. The highest BCUT2D eigenvalue weighted by Gasteiger charge is 2.31. The number of nitriles is 1. The number of hydrogen-bond acceptors (Lipinski definition) is 4. The summed E-state index contributed by atoms with van der Waals surface area (Å²) in [6.07, 6.45) is -4.95. The van der Waals surface area contributed by atoms with Crippen LogP contribution in [0.5, 0.6) is 5.75 Å². The molecule has 0 aliphatic carbocycles. The molecule has 5 nitrogen and oxygen atoms in total. The van der Waals surface area contributed by atoms with E-state index in [1.54, 1.807) is 0 Å². The summed E-state index contributed by atoms with van der Waals surface area (Å²) >= 11 is 0. The molecule has 9 heteroatoms. The Bertz CT molecular complexity index is 575. The molecule has 0 spiro atoms. The molecule has 1 aromatic rings. The molecule has 1 aromatic carbocycles. The molecule has 0 unspecified atom stereocenters. The van der Waals surface area contributed by atoms with E-state index in [1.807, 2.05) is 0 Å². The monoisotopic (exact) mass is 266 g/mol. The highest BCUT2D eigenvalue weighted by atomic mass is 32.2. The molecule has 92 valence electrons. The van der Waals surface area contributed by atoms with E-state index in [-0.39, 0.29) is 5.56 Å². The minimum absolute atomic E-state index is 0.359. The quantitative estimate of drug-likeness (QED) is 0.867. The Kier molecular flexibility index (Phi) is 3.30. The van der Waals surface area contributed by atoms with Crippen molar-refractivity contribution >= 4 is 10.0 Å². The molecule has 0 saturated carbocycles. The maximum absolute atomic E-state index is 11.9. The average molecular weight is 266 g/mol.